The van der Waals surface area contributed by atoms with Crippen LogP contribution in [0.2, 0.25) is 10.0 Å². The summed E-state index contributed by atoms with van der Waals surface area (Å²) < 4.78 is 0. The minimum atomic E-state index is -0.300. The van der Waals surface area contributed by atoms with Crippen LogP contribution in [-0.2, 0) is 4.79 Å². The Morgan fingerprint density at radius 2 is 2.14 bits per heavy atom. The summed E-state index contributed by atoms with van der Waals surface area (Å²) in [6, 6.07) is 5.01. The smallest absolute Gasteiger partial charge is 0.233 e. The van der Waals surface area contributed by atoms with Crippen molar-refractivity contribution in [2.75, 3.05) is 0 Å². The van der Waals surface area contributed by atoms with Gasteiger partial charge in [0.15, 0.2) is 5.16 Å². The number of hydrogen-bond donors (Lipinski definition) is 2. The van der Waals surface area contributed by atoms with Gasteiger partial charge in [0.05, 0.1) is 11.3 Å². The number of benzene rings is 1. The molecule has 2 rings (SSSR count). The van der Waals surface area contributed by atoms with Gasteiger partial charge in [-0.05, 0) is 31.5 Å². The van der Waals surface area contributed by atoms with Gasteiger partial charge in [0.25, 0.3) is 0 Å². The van der Waals surface area contributed by atoms with Gasteiger partial charge in [-0.15, -0.1) is 0 Å². The topological polar surface area (TPSA) is 70.7 Å². The first-order valence-corrected chi connectivity index (χ1v) is 7.88. The summed E-state index contributed by atoms with van der Waals surface area (Å²) in [7, 11) is 0. The van der Waals surface area contributed by atoms with E-state index in [1.54, 1.807) is 19.1 Å². The average molecular weight is 345 g/mol. The fourth-order valence-electron chi connectivity index (χ4n) is 1.73. The van der Waals surface area contributed by atoms with Crippen molar-refractivity contribution in [2.24, 2.45) is 0 Å². The highest BCUT2D eigenvalue weighted by molar-refractivity contribution is 8.00. The number of carbonyl (C=O) groups excluding carboxylic acids is 1. The number of rotatable bonds is 5. The number of halogens is 2. The van der Waals surface area contributed by atoms with Crippen LogP contribution in [-0.4, -0.2) is 26.3 Å². The zero-order valence-corrected chi connectivity index (χ0v) is 13.8. The van der Waals surface area contributed by atoms with Crippen molar-refractivity contribution in [3.8, 4) is 0 Å². The van der Waals surface area contributed by atoms with Crippen molar-refractivity contribution in [2.45, 2.75) is 30.3 Å². The summed E-state index contributed by atoms with van der Waals surface area (Å²) >= 11 is 13.3. The first-order chi connectivity index (χ1) is 9.97. The van der Waals surface area contributed by atoms with Crippen molar-refractivity contribution in [1.82, 2.24) is 20.5 Å². The van der Waals surface area contributed by atoms with Crippen LogP contribution in [0.4, 0.5) is 0 Å². The molecule has 1 aromatic carbocycles. The van der Waals surface area contributed by atoms with E-state index in [9.17, 15) is 4.79 Å². The average Bonchev–Trinajstić information content (AvgIpc) is 2.91. The van der Waals surface area contributed by atoms with Crippen LogP contribution in [0, 0.1) is 0 Å². The van der Waals surface area contributed by atoms with Crippen LogP contribution in [0.1, 0.15) is 25.5 Å². The highest BCUT2D eigenvalue weighted by Crippen LogP contribution is 2.27. The highest BCUT2D eigenvalue weighted by atomic mass is 35.5. The van der Waals surface area contributed by atoms with Crippen molar-refractivity contribution >= 4 is 40.9 Å². The Bertz CT molecular complexity index is 621. The zero-order chi connectivity index (χ0) is 15.4. The van der Waals surface area contributed by atoms with Crippen LogP contribution < -0.4 is 5.32 Å². The molecule has 1 amide bonds. The number of thioether (sulfide) groups is 1. The minimum absolute atomic E-state index is 0.102. The lowest BCUT2D eigenvalue weighted by Crippen LogP contribution is -2.33. The molecule has 0 aliphatic heterocycles. The van der Waals surface area contributed by atoms with Gasteiger partial charge in [-0.25, -0.2) is 4.98 Å². The third-order valence-corrected chi connectivity index (χ3v) is 4.39. The molecule has 0 bridgehead atoms. The van der Waals surface area contributed by atoms with Gasteiger partial charge in [-0.1, -0.05) is 41.0 Å². The van der Waals surface area contributed by atoms with Gasteiger partial charge in [0, 0.05) is 10.0 Å². The lowest BCUT2D eigenvalue weighted by Gasteiger charge is -2.18. The minimum Gasteiger partial charge on any atom is -0.349 e. The number of hydrogen-bond acceptors (Lipinski definition) is 4. The molecule has 0 aliphatic rings. The highest BCUT2D eigenvalue weighted by Gasteiger charge is 2.19. The molecular weight excluding hydrogens is 331 g/mol. The predicted molar refractivity (Wildman–Crippen MR) is 84.7 cm³/mol. The van der Waals surface area contributed by atoms with Crippen molar-refractivity contribution in [3.63, 3.8) is 0 Å². The first kappa shape index (κ1) is 16.1. The monoisotopic (exact) mass is 344 g/mol. The Hall–Kier alpha value is -1.24. The Balaban J connectivity index is 1.98. The predicted octanol–water partition coefficient (Wildman–Crippen LogP) is 3.47. The van der Waals surface area contributed by atoms with E-state index in [0.717, 1.165) is 5.56 Å². The van der Waals surface area contributed by atoms with Crippen molar-refractivity contribution < 1.29 is 4.79 Å². The molecule has 1 heterocycles. The van der Waals surface area contributed by atoms with Gasteiger partial charge in [0.2, 0.25) is 5.91 Å². The Labute approximate surface area is 136 Å². The Morgan fingerprint density at radius 1 is 1.38 bits per heavy atom. The molecular formula is C13H14Cl2N4OS. The molecule has 0 spiro atoms. The van der Waals surface area contributed by atoms with E-state index in [-0.39, 0.29) is 17.2 Å². The fourth-order valence-corrected chi connectivity index (χ4v) is 3.03. The molecule has 0 radical (unpaired) electrons. The summed E-state index contributed by atoms with van der Waals surface area (Å²) in [5, 5.41) is 10.8. The normalized spacial score (nSPS) is 13.7. The standard InChI is InChI=1S/C13H14Cl2N4OS/c1-7(10-4-3-9(14)5-11(10)15)18-12(20)8(2)21-13-16-6-17-19-13/h3-8H,1-2H3,(H,18,20)(H,16,17,19)/t7-,8+/m1/s1. The third kappa shape index (κ3) is 4.36. The lowest BCUT2D eigenvalue weighted by atomic mass is 10.1. The van der Waals surface area contributed by atoms with Gasteiger partial charge < -0.3 is 5.32 Å². The van der Waals surface area contributed by atoms with E-state index in [2.05, 4.69) is 20.5 Å². The third-order valence-electron chi connectivity index (χ3n) is 2.84. The molecule has 2 N–H and O–H groups in total. The van der Waals surface area contributed by atoms with E-state index in [1.165, 1.54) is 18.1 Å². The van der Waals surface area contributed by atoms with Crippen LogP contribution in [0.15, 0.2) is 29.7 Å². The van der Waals surface area contributed by atoms with Gasteiger partial charge in [0.1, 0.15) is 6.33 Å². The number of nitrogens with zero attached hydrogens (tertiary/aromatic N) is 2. The molecule has 2 aromatic rings. The maximum atomic E-state index is 12.2. The SMILES string of the molecule is C[C@H](Sc1ncn[nH]1)C(=O)N[C@H](C)c1ccc(Cl)cc1Cl. The molecule has 8 heteroatoms. The number of aromatic amines is 1. The number of aromatic nitrogens is 3. The van der Waals surface area contributed by atoms with Crippen molar-refractivity contribution in [3.05, 3.63) is 40.1 Å². The molecule has 21 heavy (non-hydrogen) atoms. The lowest BCUT2D eigenvalue weighted by molar-refractivity contribution is -0.120. The maximum absolute atomic E-state index is 12.2. The summed E-state index contributed by atoms with van der Waals surface area (Å²) in [5.74, 6) is -0.102. The molecule has 0 saturated carbocycles. The molecule has 0 unspecified atom stereocenters. The van der Waals surface area contributed by atoms with E-state index in [1.807, 2.05) is 13.0 Å². The second kappa shape index (κ2) is 7.15. The van der Waals surface area contributed by atoms with Gasteiger partial charge in [-0.3, -0.25) is 9.89 Å². The van der Waals surface area contributed by atoms with Crippen LogP contribution >= 0.6 is 35.0 Å². The first-order valence-electron chi connectivity index (χ1n) is 6.24. The van der Waals surface area contributed by atoms with Gasteiger partial charge in [-0.2, -0.15) is 5.10 Å². The Morgan fingerprint density at radius 3 is 2.76 bits per heavy atom. The summed E-state index contributed by atoms with van der Waals surface area (Å²) in [6.07, 6.45) is 1.41. The largest absolute Gasteiger partial charge is 0.349 e. The van der Waals surface area contributed by atoms with Crippen LogP contribution in [0.3, 0.4) is 0 Å². The maximum Gasteiger partial charge on any atom is 0.233 e. The molecule has 1 aromatic heterocycles. The number of amides is 1. The molecule has 0 aliphatic carbocycles. The molecule has 5 nitrogen and oxygen atoms in total. The van der Waals surface area contributed by atoms with E-state index < -0.39 is 0 Å². The molecule has 112 valence electrons. The number of nitrogens with one attached hydrogen (secondary N) is 2. The second-order valence-electron chi connectivity index (χ2n) is 4.45. The van der Waals surface area contributed by atoms with E-state index >= 15 is 0 Å². The van der Waals surface area contributed by atoms with Crippen molar-refractivity contribution in [1.29, 1.82) is 0 Å². The Kier molecular flexibility index (Phi) is 5.50. The van der Waals surface area contributed by atoms with Crippen LogP contribution in [0.25, 0.3) is 0 Å². The van der Waals surface area contributed by atoms with Gasteiger partial charge >= 0.3 is 0 Å². The van der Waals surface area contributed by atoms with E-state index in [0.29, 0.717) is 15.2 Å². The van der Waals surface area contributed by atoms with E-state index in [4.69, 9.17) is 23.2 Å². The summed E-state index contributed by atoms with van der Waals surface area (Å²) in [4.78, 5) is 16.1. The second-order valence-corrected chi connectivity index (χ2v) is 6.62. The molecule has 2 atom stereocenters. The quantitative estimate of drug-likeness (QED) is 0.814. The summed E-state index contributed by atoms with van der Waals surface area (Å²) in [5.41, 5.74) is 0.825. The van der Waals surface area contributed by atoms with Crippen LogP contribution in [0.5, 0.6) is 0 Å². The fraction of sp³-hybridized carbons (Fsp3) is 0.308. The number of H-pyrrole nitrogens is 1. The number of carbonyl (C=O) groups is 1. The molecule has 0 fully saturated rings. The zero-order valence-electron chi connectivity index (χ0n) is 11.4. The molecule has 0 saturated heterocycles. The summed E-state index contributed by atoms with van der Waals surface area (Å²) in [6.45, 7) is 3.68.